The summed E-state index contributed by atoms with van der Waals surface area (Å²) in [6.07, 6.45) is 3.83. The van der Waals surface area contributed by atoms with Crippen LogP contribution >= 0.6 is 15.9 Å². The number of pyridine rings is 1. The Labute approximate surface area is 150 Å². The number of carbonyl (C=O) groups is 1. The van der Waals surface area contributed by atoms with Crippen LogP contribution in [0.5, 0.6) is 0 Å². The number of nitrogens with zero attached hydrogens (tertiary/aromatic N) is 4. The van der Waals surface area contributed by atoms with E-state index in [2.05, 4.69) is 49.2 Å². The number of hydrogen-bond donors (Lipinski definition) is 1. The molecule has 1 N–H and O–H groups in total. The second-order valence-electron chi connectivity index (χ2n) is 6.35. The Bertz CT molecular complexity index is 738. The van der Waals surface area contributed by atoms with Crippen LogP contribution in [0.3, 0.4) is 0 Å². The lowest BCUT2D eigenvalue weighted by molar-refractivity contribution is 0.0927. The molecule has 0 aliphatic carbocycles. The maximum absolute atomic E-state index is 12.4. The van der Waals surface area contributed by atoms with Crippen molar-refractivity contribution in [1.29, 1.82) is 0 Å². The van der Waals surface area contributed by atoms with Crippen LogP contribution in [0.1, 0.15) is 34.6 Å². The van der Waals surface area contributed by atoms with Crippen molar-refractivity contribution in [3.8, 4) is 0 Å². The predicted octanol–water partition coefficient (Wildman–Crippen LogP) is 2.59. The van der Waals surface area contributed by atoms with Gasteiger partial charge in [0.15, 0.2) is 0 Å². The molecular weight excluding hydrogens is 370 g/mol. The van der Waals surface area contributed by atoms with Gasteiger partial charge in [-0.3, -0.25) is 9.48 Å². The first-order valence-corrected chi connectivity index (χ1v) is 8.92. The van der Waals surface area contributed by atoms with E-state index >= 15 is 0 Å². The van der Waals surface area contributed by atoms with Crippen molar-refractivity contribution in [1.82, 2.24) is 20.1 Å². The number of nitrogens with one attached hydrogen (secondary N) is 1. The molecule has 0 radical (unpaired) electrons. The molecule has 2 aromatic heterocycles. The van der Waals surface area contributed by atoms with E-state index in [9.17, 15) is 4.79 Å². The third-order valence-corrected chi connectivity index (χ3v) is 4.85. The molecule has 7 heteroatoms. The maximum atomic E-state index is 12.4. The molecule has 1 aliphatic heterocycles. The van der Waals surface area contributed by atoms with E-state index in [4.69, 9.17) is 0 Å². The van der Waals surface area contributed by atoms with Crippen LogP contribution in [0.15, 0.2) is 22.8 Å². The highest BCUT2D eigenvalue weighted by Gasteiger charge is 2.24. The lowest BCUT2D eigenvalue weighted by Crippen LogP contribution is -2.48. The third kappa shape index (κ3) is 3.61. The number of amides is 1. The van der Waals surface area contributed by atoms with Crippen molar-refractivity contribution in [2.75, 3.05) is 18.0 Å². The number of halogens is 1. The largest absolute Gasteiger partial charge is 0.354 e. The van der Waals surface area contributed by atoms with Gasteiger partial charge in [0.05, 0.1) is 0 Å². The van der Waals surface area contributed by atoms with Gasteiger partial charge in [-0.05, 0) is 60.3 Å². The average molecular weight is 392 g/mol. The fourth-order valence-electron chi connectivity index (χ4n) is 3.08. The zero-order chi connectivity index (χ0) is 17.3. The number of carbonyl (C=O) groups excluding carboxylic acids is 1. The Morgan fingerprint density at radius 2 is 2.17 bits per heavy atom. The van der Waals surface area contributed by atoms with E-state index in [0.717, 1.165) is 47.5 Å². The molecule has 1 aliphatic rings. The highest BCUT2D eigenvalue weighted by Crippen LogP contribution is 2.24. The molecule has 24 heavy (non-hydrogen) atoms. The fraction of sp³-hybridized carbons (Fsp3) is 0.471. The second-order valence-corrected chi connectivity index (χ2v) is 7.26. The minimum absolute atomic E-state index is 0.106. The zero-order valence-electron chi connectivity index (χ0n) is 14.2. The molecule has 1 atom stereocenters. The number of piperidine rings is 1. The molecule has 1 fully saturated rings. The van der Waals surface area contributed by atoms with Crippen molar-refractivity contribution in [2.24, 2.45) is 7.05 Å². The van der Waals surface area contributed by atoms with Crippen molar-refractivity contribution in [2.45, 2.75) is 32.7 Å². The van der Waals surface area contributed by atoms with Gasteiger partial charge in [0.2, 0.25) is 0 Å². The fourth-order valence-corrected chi connectivity index (χ4v) is 3.53. The van der Waals surface area contributed by atoms with Crippen LogP contribution < -0.4 is 10.2 Å². The van der Waals surface area contributed by atoms with Crippen LogP contribution in [-0.4, -0.2) is 39.8 Å². The first kappa shape index (κ1) is 17.0. The predicted molar refractivity (Wildman–Crippen MR) is 97.3 cm³/mol. The minimum atomic E-state index is -0.106. The van der Waals surface area contributed by atoms with E-state index in [0.29, 0.717) is 5.69 Å². The summed E-state index contributed by atoms with van der Waals surface area (Å²) in [5.41, 5.74) is 2.59. The molecule has 0 bridgehead atoms. The molecule has 3 heterocycles. The van der Waals surface area contributed by atoms with Gasteiger partial charge in [0.25, 0.3) is 5.91 Å². The summed E-state index contributed by atoms with van der Waals surface area (Å²) in [5.74, 6) is 0.886. The molecule has 0 saturated carbocycles. The Morgan fingerprint density at radius 1 is 1.38 bits per heavy atom. The molecule has 2 aromatic rings. The SMILES string of the molecule is Cc1cc(Br)cnc1N1CCCC(NC(=O)c2cc(C)n(C)n2)C1. The Balaban J connectivity index is 1.68. The maximum Gasteiger partial charge on any atom is 0.272 e. The van der Waals surface area contributed by atoms with Gasteiger partial charge in [0.1, 0.15) is 11.5 Å². The van der Waals surface area contributed by atoms with Gasteiger partial charge < -0.3 is 10.2 Å². The smallest absolute Gasteiger partial charge is 0.272 e. The number of anilines is 1. The average Bonchev–Trinajstić information content (AvgIpc) is 2.87. The molecule has 0 spiro atoms. The Hall–Kier alpha value is -1.89. The molecule has 3 rings (SSSR count). The Morgan fingerprint density at radius 3 is 2.83 bits per heavy atom. The van der Waals surface area contributed by atoms with Crippen LogP contribution in [0, 0.1) is 13.8 Å². The summed E-state index contributed by atoms with van der Waals surface area (Å²) in [4.78, 5) is 19.2. The second kappa shape index (κ2) is 6.93. The Kier molecular flexibility index (Phi) is 4.89. The minimum Gasteiger partial charge on any atom is -0.354 e. The van der Waals surface area contributed by atoms with Crippen molar-refractivity contribution in [3.63, 3.8) is 0 Å². The van der Waals surface area contributed by atoms with E-state index in [1.165, 1.54) is 0 Å². The molecule has 1 saturated heterocycles. The topological polar surface area (TPSA) is 63.1 Å². The van der Waals surface area contributed by atoms with Crippen LogP contribution in [0.2, 0.25) is 0 Å². The van der Waals surface area contributed by atoms with Crippen molar-refractivity contribution >= 4 is 27.7 Å². The quantitative estimate of drug-likeness (QED) is 0.872. The van der Waals surface area contributed by atoms with Crippen LogP contribution in [0.4, 0.5) is 5.82 Å². The monoisotopic (exact) mass is 391 g/mol. The first-order chi connectivity index (χ1) is 11.4. The van der Waals surface area contributed by atoms with Gasteiger partial charge in [-0.2, -0.15) is 5.10 Å². The van der Waals surface area contributed by atoms with E-state index < -0.39 is 0 Å². The summed E-state index contributed by atoms with van der Waals surface area (Å²) in [6.45, 7) is 5.73. The van der Waals surface area contributed by atoms with E-state index in [-0.39, 0.29) is 11.9 Å². The highest BCUT2D eigenvalue weighted by atomic mass is 79.9. The van der Waals surface area contributed by atoms with Gasteiger partial charge in [-0.25, -0.2) is 4.98 Å². The van der Waals surface area contributed by atoms with Gasteiger partial charge >= 0.3 is 0 Å². The van der Waals surface area contributed by atoms with Crippen LogP contribution in [0.25, 0.3) is 0 Å². The zero-order valence-corrected chi connectivity index (χ0v) is 15.8. The molecule has 0 aromatic carbocycles. The molecule has 1 amide bonds. The summed E-state index contributed by atoms with van der Waals surface area (Å²) in [7, 11) is 1.84. The number of rotatable bonds is 3. The molecule has 1 unspecified atom stereocenters. The first-order valence-electron chi connectivity index (χ1n) is 8.12. The summed E-state index contributed by atoms with van der Waals surface area (Å²) >= 11 is 3.45. The van der Waals surface area contributed by atoms with Gasteiger partial charge in [0, 0.05) is 42.5 Å². The normalized spacial score (nSPS) is 17.8. The summed E-state index contributed by atoms with van der Waals surface area (Å²) < 4.78 is 2.70. The van der Waals surface area contributed by atoms with Crippen molar-refractivity contribution < 1.29 is 4.79 Å². The standard InChI is InChI=1S/C17H22BrN5O/c1-11-7-13(18)9-19-16(11)23-6-4-5-14(10-23)20-17(24)15-8-12(2)22(3)21-15/h7-9,14H,4-6,10H2,1-3H3,(H,20,24). The summed E-state index contributed by atoms with van der Waals surface area (Å²) in [5, 5.41) is 7.36. The number of hydrogen-bond acceptors (Lipinski definition) is 4. The van der Waals surface area contributed by atoms with E-state index in [1.54, 1.807) is 4.68 Å². The van der Waals surface area contributed by atoms with Crippen molar-refractivity contribution in [3.05, 3.63) is 39.8 Å². The number of aromatic nitrogens is 3. The van der Waals surface area contributed by atoms with Gasteiger partial charge in [-0.1, -0.05) is 0 Å². The number of aryl methyl sites for hydroxylation is 3. The molecular formula is C17H22BrN5O. The third-order valence-electron chi connectivity index (χ3n) is 4.42. The van der Waals surface area contributed by atoms with E-state index in [1.807, 2.05) is 26.2 Å². The highest BCUT2D eigenvalue weighted by molar-refractivity contribution is 9.10. The lowest BCUT2D eigenvalue weighted by atomic mass is 10.0. The molecule has 128 valence electrons. The summed E-state index contributed by atoms with van der Waals surface area (Å²) in [6, 6.07) is 4.00. The van der Waals surface area contributed by atoms with Gasteiger partial charge in [-0.15, -0.1) is 0 Å². The molecule has 6 nitrogen and oxygen atoms in total. The van der Waals surface area contributed by atoms with Crippen LogP contribution in [-0.2, 0) is 7.05 Å². The lowest BCUT2D eigenvalue weighted by Gasteiger charge is -2.34.